The number of anilines is 1. The van der Waals surface area contributed by atoms with E-state index in [2.05, 4.69) is 10.3 Å². The fraction of sp³-hybridized carbons (Fsp3) is 0.522. The molecule has 2 aromatic rings. The van der Waals surface area contributed by atoms with Gasteiger partial charge in [-0.25, -0.2) is 9.37 Å². The number of aromatic nitrogens is 2. The molecule has 1 atom stereocenters. The summed E-state index contributed by atoms with van der Waals surface area (Å²) in [5, 5.41) is 12.9. The first-order valence-corrected chi connectivity index (χ1v) is 13.0. The molecule has 1 amide bonds. The van der Waals surface area contributed by atoms with Crippen LogP contribution < -0.4 is 15.2 Å². The van der Waals surface area contributed by atoms with Crippen LogP contribution in [0.2, 0.25) is 0 Å². The van der Waals surface area contributed by atoms with Gasteiger partial charge in [0, 0.05) is 44.7 Å². The molecule has 11 nitrogen and oxygen atoms in total. The summed E-state index contributed by atoms with van der Waals surface area (Å²) in [5.74, 6) is -2.10. The zero-order valence-electron chi connectivity index (χ0n) is 20.6. The van der Waals surface area contributed by atoms with E-state index in [-0.39, 0.29) is 31.2 Å². The van der Waals surface area contributed by atoms with Crippen LogP contribution in [0.3, 0.4) is 0 Å². The number of ether oxygens (including phenoxy) is 1. The number of carbonyl (C=O) groups excluding carboxylic acids is 1. The van der Waals surface area contributed by atoms with Gasteiger partial charge >= 0.3 is 10.2 Å². The summed E-state index contributed by atoms with van der Waals surface area (Å²) in [6.45, 7) is 6.33. The number of nitrogens with one attached hydrogen (secondary N) is 1. The molecule has 36 heavy (non-hydrogen) atoms. The highest BCUT2D eigenvalue weighted by atomic mass is 32.2. The predicted octanol–water partition coefficient (Wildman–Crippen LogP) is 1.22. The minimum atomic E-state index is -3.92. The van der Waals surface area contributed by atoms with Crippen LogP contribution in [0.4, 0.5) is 10.1 Å². The Labute approximate surface area is 208 Å². The number of carbonyl (C=O) groups is 1. The minimum absolute atomic E-state index is 0.104. The molecule has 0 radical (unpaired) electrons. The van der Waals surface area contributed by atoms with Gasteiger partial charge < -0.3 is 15.2 Å². The first-order chi connectivity index (χ1) is 16.8. The van der Waals surface area contributed by atoms with Gasteiger partial charge in [0.1, 0.15) is 11.6 Å². The summed E-state index contributed by atoms with van der Waals surface area (Å²) >= 11 is 0. The second kappa shape index (κ2) is 9.45. The molecule has 0 saturated carbocycles. The van der Waals surface area contributed by atoms with Crippen LogP contribution in [0.1, 0.15) is 55.0 Å². The maximum Gasteiger partial charge on any atom is 0.304 e. The maximum absolute atomic E-state index is 14.2. The maximum atomic E-state index is 14.2. The molecule has 2 fully saturated rings. The Morgan fingerprint density at radius 2 is 2.03 bits per heavy atom. The van der Waals surface area contributed by atoms with E-state index in [0.717, 1.165) is 10.4 Å². The van der Waals surface area contributed by atoms with Crippen LogP contribution in [0.5, 0.6) is 5.75 Å². The molecule has 1 aromatic carbocycles. The normalized spacial score (nSPS) is 20.1. The summed E-state index contributed by atoms with van der Waals surface area (Å²) in [6, 6.07) is 3.66. The molecule has 2 aliphatic rings. The van der Waals surface area contributed by atoms with Crippen molar-refractivity contribution in [2.24, 2.45) is 7.05 Å². The quantitative estimate of drug-likeness (QED) is 0.602. The Balaban J connectivity index is 1.61. The first kappa shape index (κ1) is 26.0. The fourth-order valence-corrected chi connectivity index (χ4v) is 6.48. The number of hydrogen-bond acceptors (Lipinski definition) is 7. The van der Waals surface area contributed by atoms with Gasteiger partial charge in [-0.15, -0.1) is 0 Å². The highest BCUT2D eigenvalue weighted by molar-refractivity contribution is 7.90. The molecule has 13 heteroatoms. The number of amides is 1. The molecule has 1 unspecified atom stereocenters. The summed E-state index contributed by atoms with van der Waals surface area (Å²) < 4.78 is 49.6. The second-order valence-corrected chi connectivity index (χ2v) is 11.6. The first-order valence-electron chi connectivity index (χ1n) is 11.6. The molecular weight excluding hydrogens is 493 g/mol. The molecule has 2 aliphatic heterocycles. The highest BCUT2D eigenvalue weighted by Crippen LogP contribution is 2.33. The van der Waals surface area contributed by atoms with E-state index < -0.39 is 44.5 Å². The average Bonchev–Trinajstić information content (AvgIpc) is 3.43. The van der Waals surface area contributed by atoms with E-state index in [1.54, 1.807) is 20.8 Å². The van der Waals surface area contributed by atoms with E-state index >= 15 is 0 Å². The summed E-state index contributed by atoms with van der Waals surface area (Å²) in [5.41, 5.74) is -1.41. The zero-order chi connectivity index (χ0) is 26.4. The lowest BCUT2D eigenvalue weighted by Crippen LogP contribution is -2.44. The number of halogens is 1. The number of nitrogens with zero attached hydrogens (tertiary/aromatic N) is 4. The molecule has 2 saturated heterocycles. The predicted molar refractivity (Wildman–Crippen MR) is 130 cm³/mol. The average molecular weight is 524 g/mol. The third-order valence-electron chi connectivity index (χ3n) is 6.38. The van der Waals surface area contributed by atoms with Gasteiger partial charge in [-0.2, -0.15) is 12.7 Å². The SMILES string of the molecule is Cn1c(C2CCOC2)nc(C(=O)NCc2ccc(F)cc2N2CCN(C(C)(C)C)S2(=O)=O)c(O)c1=O. The van der Waals surface area contributed by atoms with Gasteiger partial charge in [0.15, 0.2) is 5.69 Å². The van der Waals surface area contributed by atoms with Crippen molar-refractivity contribution in [1.29, 1.82) is 0 Å². The van der Waals surface area contributed by atoms with Crippen molar-refractivity contribution in [1.82, 2.24) is 19.2 Å². The van der Waals surface area contributed by atoms with Crippen molar-refractivity contribution >= 4 is 21.8 Å². The van der Waals surface area contributed by atoms with Crippen LogP contribution >= 0.6 is 0 Å². The van der Waals surface area contributed by atoms with Gasteiger partial charge in [-0.1, -0.05) is 6.07 Å². The number of benzene rings is 1. The third kappa shape index (κ3) is 4.70. The van der Waals surface area contributed by atoms with Crippen LogP contribution in [0, 0.1) is 5.82 Å². The van der Waals surface area contributed by atoms with E-state index in [1.807, 2.05) is 0 Å². The lowest BCUT2D eigenvalue weighted by atomic mass is 10.1. The largest absolute Gasteiger partial charge is 0.501 e. The topological polar surface area (TPSA) is 134 Å². The van der Waals surface area contributed by atoms with Crippen molar-refractivity contribution in [3.05, 3.63) is 51.5 Å². The van der Waals surface area contributed by atoms with Crippen molar-refractivity contribution in [3.8, 4) is 5.75 Å². The summed E-state index contributed by atoms with van der Waals surface area (Å²) in [6.07, 6.45) is 0.626. The Bertz CT molecular complexity index is 1350. The molecule has 3 heterocycles. The Kier molecular flexibility index (Phi) is 6.84. The summed E-state index contributed by atoms with van der Waals surface area (Å²) in [7, 11) is -2.46. The lowest BCUT2D eigenvalue weighted by Gasteiger charge is -2.31. The minimum Gasteiger partial charge on any atom is -0.501 e. The Morgan fingerprint density at radius 3 is 2.64 bits per heavy atom. The zero-order valence-corrected chi connectivity index (χ0v) is 21.4. The van der Waals surface area contributed by atoms with Crippen molar-refractivity contribution in [2.75, 3.05) is 30.6 Å². The lowest BCUT2D eigenvalue weighted by molar-refractivity contribution is 0.0941. The van der Waals surface area contributed by atoms with Gasteiger partial charge in [0.25, 0.3) is 11.5 Å². The van der Waals surface area contributed by atoms with E-state index in [4.69, 9.17) is 4.74 Å². The monoisotopic (exact) mass is 523 g/mol. The van der Waals surface area contributed by atoms with Crippen LogP contribution in [0.15, 0.2) is 23.0 Å². The molecule has 196 valence electrons. The molecule has 4 rings (SSSR count). The van der Waals surface area contributed by atoms with Crippen LogP contribution in [0.25, 0.3) is 0 Å². The highest BCUT2D eigenvalue weighted by Gasteiger charge is 2.43. The van der Waals surface area contributed by atoms with E-state index in [0.29, 0.717) is 31.0 Å². The van der Waals surface area contributed by atoms with Gasteiger partial charge in [0.2, 0.25) is 5.75 Å². The summed E-state index contributed by atoms with van der Waals surface area (Å²) in [4.78, 5) is 29.7. The van der Waals surface area contributed by atoms with E-state index in [9.17, 15) is 27.5 Å². The number of rotatable bonds is 5. The van der Waals surface area contributed by atoms with Gasteiger partial charge in [-0.05, 0) is 44.9 Å². The number of hydrogen-bond donors (Lipinski definition) is 2. The van der Waals surface area contributed by atoms with Crippen molar-refractivity contribution in [3.63, 3.8) is 0 Å². The molecular formula is C23H30FN5O6S. The Hall–Kier alpha value is -3.03. The third-order valence-corrected chi connectivity index (χ3v) is 8.60. The fourth-order valence-electron chi connectivity index (χ4n) is 4.50. The van der Waals surface area contributed by atoms with Crippen LogP contribution in [-0.4, -0.2) is 65.1 Å². The molecule has 0 bridgehead atoms. The van der Waals surface area contributed by atoms with Crippen molar-refractivity contribution in [2.45, 2.75) is 45.2 Å². The van der Waals surface area contributed by atoms with Crippen molar-refractivity contribution < 1.29 is 27.4 Å². The van der Waals surface area contributed by atoms with Crippen LogP contribution in [-0.2, 0) is 28.5 Å². The van der Waals surface area contributed by atoms with Gasteiger partial charge in [0.05, 0.1) is 12.3 Å². The number of aromatic hydroxyl groups is 1. The standard InChI is InChI=1S/C23H30FN5O6S/c1-23(2,3)29-9-8-28(36(29,33)34)17-11-16(24)6-5-14(17)12-25-21(31)18-19(30)22(32)27(4)20(26-18)15-7-10-35-13-15/h5-6,11,15,30H,7-10,12-13H2,1-4H3,(H,25,31). The van der Waals surface area contributed by atoms with Gasteiger partial charge in [-0.3, -0.25) is 18.5 Å². The molecule has 2 N–H and O–H groups in total. The van der Waals surface area contributed by atoms with E-state index in [1.165, 1.54) is 28.1 Å². The molecule has 1 aromatic heterocycles. The smallest absolute Gasteiger partial charge is 0.304 e. The second-order valence-electron chi connectivity index (χ2n) is 9.87. The molecule has 0 spiro atoms. The Morgan fingerprint density at radius 1 is 1.31 bits per heavy atom. The molecule has 0 aliphatic carbocycles.